The molecule has 1 aromatic rings. The molecule has 0 spiro atoms. The summed E-state index contributed by atoms with van der Waals surface area (Å²) in [6.45, 7) is 5.56. The summed E-state index contributed by atoms with van der Waals surface area (Å²) in [5, 5.41) is 0.672. The number of hydrogen-bond acceptors (Lipinski definition) is 1. The van der Waals surface area contributed by atoms with Gasteiger partial charge in [0, 0.05) is 17.9 Å². The largest absolute Gasteiger partial charge is 0.299 e. The van der Waals surface area contributed by atoms with Crippen molar-refractivity contribution in [3.05, 3.63) is 47.0 Å². The maximum absolute atomic E-state index is 11.4. The first kappa shape index (κ1) is 11.0. The number of carbonyl (C=O) groups excluding carboxylic acids is 1. The minimum Gasteiger partial charge on any atom is -0.299 e. The molecule has 0 aliphatic rings. The molecular weight excluding hydrogens is 196 g/mol. The molecule has 0 N–H and O–H groups in total. The molecule has 0 heterocycles. The molecule has 74 valence electrons. The van der Waals surface area contributed by atoms with Crippen molar-refractivity contribution in [3.63, 3.8) is 0 Å². The van der Waals surface area contributed by atoms with Gasteiger partial charge in [0.25, 0.3) is 0 Å². The van der Waals surface area contributed by atoms with Gasteiger partial charge in [-0.3, -0.25) is 4.79 Å². The van der Waals surface area contributed by atoms with E-state index in [1.165, 1.54) is 0 Å². The summed E-state index contributed by atoms with van der Waals surface area (Å²) in [5.74, 6) is 0.180. The second-order valence-corrected chi connectivity index (χ2v) is 3.92. The van der Waals surface area contributed by atoms with Crippen LogP contribution in [0, 0.1) is 0 Å². The first-order valence-electron chi connectivity index (χ1n) is 4.48. The van der Waals surface area contributed by atoms with Crippen LogP contribution < -0.4 is 0 Å². The van der Waals surface area contributed by atoms with Gasteiger partial charge >= 0.3 is 0 Å². The number of Topliss-reactive ketones (excluding diaryl/α,β-unsaturated/α-hetero) is 1. The lowest BCUT2D eigenvalue weighted by Gasteiger charge is -2.01. The van der Waals surface area contributed by atoms with E-state index in [0.29, 0.717) is 17.9 Å². The average Bonchev–Trinajstić information content (AvgIpc) is 2.01. The summed E-state index contributed by atoms with van der Waals surface area (Å²) in [6.07, 6.45) is 0.889. The van der Waals surface area contributed by atoms with Gasteiger partial charge in [-0.25, -0.2) is 0 Å². The van der Waals surface area contributed by atoms with Gasteiger partial charge in [-0.2, -0.15) is 0 Å². The van der Waals surface area contributed by atoms with Gasteiger partial charge in [0.2, 0.25) is 0 Å². The third-order valence-corrected chi connectivity index (χ3v) is 2.02. The SMILES string of the molecule is C=C(C)CC(=O)Cc1cccc(Cl)c1. The van der Waals surface area contributed by atoms with E-state index >= 15 is 0 Å². The van der Waals surface area contributed by atoms with E-state index in [-0.39, 0.29) is 5.78 Å². The molecule has 0 aliphatic heterocycles. The van der Waals surface area contributed by atoms with Crippen LogP contribution in [0.2, 0.25) is 5.02 Å². The number of halogens is 1. The molecule has 0 saturated carbocycles. The maximum Gasteiger partial charge on any atom is 0.141 e. The van der Waals surface area contributed by atoms with Gasteiger partial charge in [0.1, 0.15) is 5.78 Å². The van der Waals surface area contributed by atoms with Crippen molar-refractivity contribution in [1.29, 1.82) is 0 Å². The third-order valence-electron chi connectivity index (χ3n) is 1.79. The highest BCUT2D eigenvalue weighted by atomic mass is 35.5. The van der Waals surface area contributed by atoms with Crippen molar-refractivity contribution in [3.8, 4) is 0 Å². The summed E-state index contributed by atoms with van der Waals surface area (Å²) in [4.78, 5) is 11.4. The Bertz CT molecular complexity index is 355. The van der Waals surface area contributed by atoms with Crippen molar-refractivity contribution in [1.82, 2.24) is 0 Å². The quantitative estimate of drug-likeness (QED) is 0.693. The normalized spacial score (nSPS) is 9.86. The van der Waals surface area contributed by atoms with E-state index in [1.807, 2.05) is 25.1 Å². The number of benzene rings is 1. The lowest BCUT2D eigenvalue weighted by Crippen LogP contribution is -2.02. The van der Waals surface area contributed by atoms with Crippen LogP contribution in [0.4, 0.5) is 0 Å². The van der Waals surface area contributed by atoms with Gasteiger partial charge < -0.3 is 0 Å². The lowest BCUT2D eigenvalue weighted by molar-refractivity contribution is -0.117. The molecule has 2 heteroatoms. The summed E-state index contributed by atoms with van der Waals surface area (Å²) >= 11 is 5.81. The molecule has 0 radical (unpaired) electrons. The molecule has 1 aromatic carbocycles. The Morgan fingerprint density at radius 2 is 2.21 bits per heavy atom. The first-order chi connectivity index (χ1) is 6.58. The number of rotatable bonds is 4. The number of carbonyl (C=O) groups is 1. The number of allylic oxidation sites excluding steroid dienone is 1. The van der Waals surface area contributed by atoms with Crippen LogP contribution in [-0.4, -0.2) is 5.78 Å². The third kappa shape index (κ3) is 3.75. The van der Waals surface area contributed by atoms with Crippen LogP contribution in [0.25, 0.3) is 0 Å². The highest BCUT2D eigenvalue weighted by Gasteiger charge is 2.03. The summed E-state index contributed by atoms with van der Waals surface area (Å²) in [7, 11) is 0. The summed E-state index contributed by atoms with van der Waals surface area (Å²) in [6, 6.07) is 7.38. The minimum atomic E-state index is 0.180. The Balaban J connectivity index is 2.60. The predicted octanol–water partition coefficient (Wildman–Crippen LogP) is 3.42. The molecule has 0 amide bonds. The smallest absolute Gasteiger partial charge is 0.141 e. The highest BCUT2D eigenvalue weighted by molar-refractivity contribution is 6.30. The molecule has 0 unspecified atom stereocenters. The van der Waals surface area contributed by atoms with Gasteiger partial charge in [0.15, 0.2) is 0 Å². The highest BCUT2D eigenvalue weighted by Crippen LogP contribution is 2.12. The topological polar surface area (TPSA) is 17.1 Å². The Hall–Kier alpha value is -1.08. The molecule has 0 bridgehead atoms. The zero-order valence-electron chi connectivity index (χ0n) is 8.22. The van der Waals surface area contributed by atoms with Crippen LogP contribution in [0.15, 0.2) is 36.4 Å². The van der Waals surface area contributed by atoms with Crippen LogP contribution in [-0.2, 0) is 11.2 Å². The molecule has 1 nitrogen and oxygen atoms in total. The molecule has 0 aliphatic carbocycles. The van der Waals surface area contributed by atoms with Crippen LogP contribution in [0.5, 0.6) is 0 Å². The Morgan fingerprint density at radius 3 is 2.79 bits per heavy atom. The van der Waals surface area contributed by atoms with Crippen molar-refractivity contribution in [2.45, 2.75) is 19.8 Å². The van der Waals surface area contributed by atoms with E-state index in [2.05, 4.69) is 6.58 Å². The van der Waals surface area contributed by atoms with E-state index in [0.717, 1.165) is 11.1 Å². The van der Waals surface area contributed by atoms with Crippen molar-refractivity contribution in [2.24, 2.45) is 0 Å². The first-order valence-corrected chi connectivity index (χ1v) is 4.86. The Morgan fingerprint density at radius 1 is 1.50 bits per heavy atom. The van der Waals surface area contributed by atoms with Crippen LogP contribution in [0.1, 0.15) is 18.9 Å². The van der Waals surface area contributed by atoms with Crippen molar-refractivity contribution >= 4 is 17.4 Å². The molecule has 0 atom stereocenters. The van der Waals surface area contributed by atoms with Gasteiger partial charge in [-0.1, -0.05) is 35.9 Å². The lowest BCUT2D eigenvalue weighted by atomic mass is 10.0. The van der Waals surface area contributed by atoms with E-state index in [9.17, 15) is 4.79 Å². The summed E-state index contributed by atoms with van der Waals surface area (Å²) in [5.41, 5.74) is 1.86. The fourth-order valence-electron chi connectivity index (χ4n) is 1.27. The van der Waals surface area contributed by atoms with Gasteiger partial charge in [-0.15, -0.1) is 0 Å². The van der Waals surface area contributed by atoms with Gasteiger partial charge in [0.05, 0.1) is 0 Å². The average molecular weight is 209 g/mol. The molecule has 14 heavy (non-hydrogen) atoms. The zero-order valence-corrected chi connectivity index (χ0v) is 8.97. The second-order valence-electron chi connectivity index (χ2n) is 3.48. The fourth-order valence-corrected chi connectivity index (χ4v) is 1.49. The minimum absolute atomic E-state index is 0.180. The molecule has 0 aromatic heterocycles. The standard InChI is InChI=1S/C12H13ClO/c1-9(2)6-12(14)8-10-4-3-5-11(13)7-10/h3-5,7H,1,6,8H2,2H3. The number of ketones is 1. The molecule has 1 rings (SSSR count). The van der Waals surface area contributed by atoms with Crippen LogP contribution >= 0.6 is 11.6 Å². The molecule has 0 fully saturated rings. The Labute approximate surface area is 89.4 Å². The van der Waals surface area contributed by atoms with Crippen molar-refractivity contribution in [2.75, 3.05) is 0 Å². The van der Waals surface area contributed by atoms with Crippen LogP contribution in [0.3, 0.4) is 0 Å². The second kappa shape index (κ2) is 4.97. The van der Waals surface area contributed by atoms with E-state index < -0.39 is 0 Å². The Kier molecular flexibility index (Phi) is 3.90. The maximum atomic E-state index is 11.4. The fraction of sp³-hybridized carbons (Fsp3) is 0.250. The van der Waals surface area contributed by atoms with E-state index in [4.69, 9.17) is 11.6 Å². The molecule has 0 saturated heterocycles. The zero-order chi connectivity index (χ0) is 10.6. The van der Waals surface area contributed by atoms with Crippen molar-refractivity contribution < 1.29 is 4.79 Å². The predicted molar refractivity (Wildman–Crippen MR) is 59.6 cm³/mol. The summed E-state index contributed by atoms with van der Waals surface area (Å²) < 4.78 is 0. The number of hydrogen-bond donors (Lipinski definition) is 0. The molecular formula is C12H13ClO. The monoisotopic (exact) mass is 208 g/mol. The van der Waals surface area contributed by atoms with E-state index in [1.54, 1.807) is 6.07 Å². The van der Waals surface area contributed by atoms with Gasteiger partial charge in [-0.05, 0) is 24.6 Å².